The van der Waals surface area contributed by atoms with E-state index in [0.717, 1.165) is 0 Å². The van der Waals surface area contributed by atoms with Crippen molar-refractivity contribution in [2.75, 3.05) is 0 Å². The highest BCUT2D eigenvalue weighted by Gasteiger charge is 2.27. The van der Waals surface area contributed by atoms with E-state index in [1.54, 1.807) is 13.0 Å². The topological polar surface area (TPSA) is 32.3 Å². The highest BCUT2D eigenvalue weighted by atomic mass is 16.3. The molecule has 0 rings (SSSR count). The normalized spacial score (nSPS) is 19.8. The summed E-state index contributed by atoms with van der Waals surface area (Å²) in [5.74, 6) is 0. The fourth-order valence-electron chi connectivity index (χ4n) is 0.972. The average Bonchev–Trinajstić information content (AvgIpc) is 1.84. The molecule has 0 aromatic heterocycles. The van der Waals surface area contributed by atoms with Gasteiger partial charge in [-0.05, 0) is 34.6 Å². The lowest BCUT2D eigenvalue weighted by Crippen LogP contribution is -2.52. The molecule has 0 fully saturated rings. The van der Waals surface area contributed by atoms with Crippen molar-refractivity contribution in [3.63, 3.8) is 0 Å². The fourth-order valence-corrected chi connectivity index (χ4v) is 0.972. The molecule has 2 N–H and O–H groups in total. The molecule has 0 saturated carbocycles. The zero-order valence-electron chi connectivity index (χ0n) is 8.81. The Kier molecular flexibility index (Phi) is 3.48. The molecule has 0 saturated heterocycles. The fraction of sp³-hybridized carbons (Fsp3) is 0.800. The second-order valence-corrected chi connectivity index (χ2v) is 4.55. The monoisotopic (exact) mass is 171 g/mol. The second-order valence-electron chi connectivity index (χ2n) is 4.55. The van der Waals surface area contributed by atoms with Crippen LogP contribution in [-0.2, 0) is 0 Å². The smallest absolute Gasteiger partial charge is 0.0946 e. The van der Waals surface area contributed by atoms with Crippen LogP contribution in [0.15, 0.2) is 12.7 Å². The minimum Gasteiger partial charge on any atom is -0.384 e. The molecule has 12 heavy (non-hydrogen) atoms. The summed E-state index contributed by atoms with van der Waals surface area (Å²) in [5, 5.41) is 13.1. The van der Waals surface area contributed by atoms with Crippen molar-refractivity contribution in [3.05, 3.63) is 12.7 Å². The molecule has 2 unspecified atom stereocenters. The molecule has 0 aliphatic rings. The van der Waals surface area contributed by atoms with Crippen LogP contribution >= 0.6 is 0 Å². The first-order chi connectivity index (χ1) is 5.19. The molecule has 0 amide bonds. The van der Waals surface area contributed by atoms with Gasteiger partial charge in [-0.3, -0.25) is 0 Å². The predicted octanol–water partition coefficient (Wildman–Crippen LogP) is 1.70. The summed E-state index contributed by atoms with van der Waals surface area (Å²) in [6.07, 6.45) is 1.57. The summed E-state index contributed by atoms with van der Waals surface area (Å²) in [4.78, 5) is 0. The van der Waals surface area contributed by atoms with Gasteiger partial charge in [0.15, 0.2) is 0 Å². The maximum absolute atomic E-state index is 9.77. The SMILES string of the molecule is C=CC(C)(O)C(C)NC(C)(C)C. The zero-order valence-corrected chi connectivity index (χ0v) is 8.81. The molecule has 2 atom stereocenters. The lowest BCUT2D eigenvalue weighted by Gasteiger charge is -2.34. The van der Waals surface area contributed by atoms with Gasteiger partial charge >= 0.3 is 0 Å². The Bertz CT molecular complexity index is 156. The Morgan fingerprint density at radius 2 is 1.75 bits per heavy atom. The lowest BCUT2D eigenvalue weighted by atomic mass is 9.95. The van der Waals surface area contributed by atoms with E-state index in [4.69, 9.17) is 0 Å². The minimum atomic E-state index is -0.840. The van der Waals surface area contributed by atoms with Crippen LogP contribution in [0, 0.1) is 0 Å². The van der Waals surface area contributed by atoms with Crippen LogP contribution < -0.4 is 5.32 Å². The van der Waals surface area contributed by atoms with Crippen LogP contribution in [0.5, 0.6) is 0 Å². The van der Waals surface area contributed by atoms with Crippen LogP contribution in [0.25, 0.3) is 0 Å². The van der Waals surface area contributed by atoms with Crippen LogP contribution in [0.3, 0.4) is 0 Å². The van der Waals surface area contributed by atoms with Gasteiger partial charge in [0.1, 0.15) is 0 Å². The average molecular weight is 171 g/mol. The Labute approximate surface area is 75.7 Å². The van der Waals surface area contributed by atoms with Gasteiger partial charge in [0.2, 0.25) is 0 Å². The highest BCUT2D eigenvalue weighted by molar-refractivity contribution is 5.00. The number of aliphatic hydroxyl groups is 1. The van der Waals surface area contributed by atoms with Crippen molar-refractivity contribution >= 4 is 0 Å². The summed E-state index contributed by atoms with van der Waals surface area (Å²) >= 11 is 0. The van der Waals surface area contributed by atoms with Crippen molar-refractivity contribution in [1.29, 1.82) is 0 Å². The Hall–Kier alpha value is -0.340. The van der Waals surface area contributed by atoms with Gasteiger partial charge in [-0.2, -0.15) is 0 Å². The minimum absolute atomic E-state index is 0.00926. The number of nitrogens with one attached hydrogen (secondary N) is 1. The standard InChI is InChI=1S/C10H21NO/c1-7-10(6,12)8(2)11-9(3,4)5/h7-8,11-12H,1H2,2-6H3. The predicted molar refractivity (Wildman–Crippen MR) is 53.2 cm³/mol. The largest absolute Gasteiger partial charge is 0.384 e. The van der Waals surface area contributed by atoms with E-state index in [-0.39, 0.29) is 11.6 Å². The molecule has 2 heteroatoms. The van der Waals surface area contributed by atoms with Crippen LogP contribution in [-0.4, -0.2) is 22.3 Å². The van der Waals surface area contributed by atoms with E-state index in [1.807, 2.05) is 6.92 Å². The van der Waals surface area contributed by atoms with Crippen LogP contribution in [0.2, 0.25) is 0 Å². The summed E-state index contributed by atoms with van der Waals surface area (Å²) in [6, 6.07) is 0.00926. The molecule has 0 aliphatic carbocycles. The summed E-state index contributed by atoms with van der Waals surface area (Å²) < 4.78 is 0. The molecule has 0 heterocycles. The van der Waals surface area contributed by atoms with Crippen molar-refractivity contribution in [1.82, 2.24) is 5.32 Å². The van der Waals surface area contributed by atoms with Crippen molar-refractivity contribution < 1.29 is 5.11 Å². The maximum atomic E-state index is 9.77. The van der Waals surface area contributed by atoms with Gasteiger partial charge in [-0.15, -0.1) is 6.58 Å². The van der Waals surface area contributed by atoms with E-state index < -0.39 is 5.60 Å². The van der Waals surface area contributed by atoms with Crippen LogP contribution in [0.1, 0.15) is 34.6 Å². The van der Waals surface area contributed by atoms with E-state index in [9.17, 15) is 5.11 Å². The molecule has 72 valence electrons. The van der Waals surface area contributed by atoms with Gasteiger partial charge in [-0.1, -0.05) is 6.08 Å². The van der Waals surface area contributed by atoms with Gasteiger partial charge in [0, 0.05) is 11.6 Å². The highest BCUT2D eigenvalue weighted by Crippen LogP contribution is 2.13. The number of hydrogen-bond donors (Lipinski definition) is 2. The number of hydrogen-bond acceptors (Lipinski definition) is 2. The van der Waals surface area contributed by atoms with Gasteiger partial charge in [0.05, 0.1) is 5.60 Å². The quantitative estimate of drug-likeness (QED) is 0.633. The number of rotatable bonds is 3. The molecule has 0 spiro atoms. The molecular weight excluding hydrogens is 150 g/mol. The van der Waals surface area contributed by atoms with Gasteiger partial charge in [0.25, 0.3) is 0 Å². The molecule has 0 aromatic rings. The molecule has 0 aliphatic heterocycles. The second kappa shape index (κ2) is 3.58. The molecule has 0 aromatic carbocycles. The summed E-state index contributed by atoms with van der Waals surface area (Å²) in [5.41, 5.74) is -0.820. The summed E-state index contributed by atoms with van der Waals surface area (Å²) in [6.45, 7) is 13.5. The first kappa shape index (κ1) is 11.7. The third-order valence-electron chi connectivity index (χ3n) is 1.94. The Morgan fingerprint density at radius 3 is 2.00 bits per heavy atom. The van der Waals surface area contributed by atoms with Gasteiger partial charge < -0.3 is 10.4 Å². The third-order valence-corrected chi connectivity index (χ3v) is 1.94. The first-order valence-corrected chi connectivity index (χ1v) is 4.33. The molecule has 2 nitrogen and oxygen atoms in total. The van der Waals surface area contributed by atoms with Gasteiger partial charge in [-0.25, -0.2) is 0 Å². The van der Waals surface area contributed by atoms with E-state index in [1.165, 1.54) is 0 Å². The Balaban J connectivity index is 4.22. The first-order valence-electron chi connectivity index (χ1n) is 4.33. The zero-order chi connectivity index (χ0) is 9.99. The third kappa shape index (κ3) is 3.88. The van der Waals surface area contributed by atoms with E-state index in [2.05, 4.69) is 32.7 Å². The van der Waals surface area contributed by atoms with E-state index >= 15 is 0 Å². The summed E-state index contributed by atoms with van der Waals surface area (Å²) in [7, 11) is 0. The molecule has 0 bridgehead atoms. The van der Waals surface area contributed by atoms with Crippen LogP contribution in [0.4, 0.5) is 0 Å². The molecule has 0 radical (unpaired) electrons. The maximum Gasteiger partial charge on any atom is 0.0946 e. The Morgan fingerprint density at radius 1 is 1.33 bits per heavy atom. The molecular formula is C10H21NO. The lowest BCUT2D eigenvalue weighted by molar-refractivity contribution is 0.0631. The van der Waals surface area contributed by atoms with E-state index in [0.29, 0.717) is 0 Å². The van der Waals surface area contributed by atoms with Crippen molar-refractivity contribution in [3.8, 4) is 0 Å². The van der Waals surface area contributed by atoms with Crippen molar-refractivity contribution in [2.24, 2.45) is 0 Å². The van der Waals surface area contributed by atoms with Crippen molar-refractivity contribution in [2.45, 2.75) is 51.8 Å².